The number of hydrogen-bond donors (Lipinski definition) is 3. The SMILES string of the molecule is CC[C@H](NC(=O)COC(=O)c1ccc(CNC(=O)NC(C)C)cc1)c1ccc(C)cc1. The van der Waals surface area contributed by atoms with E-state index in [1.54, 1.807) is 24.3 Å². The van der Waals surface area contributed by atoms with Crippen LogP contribution in [0.4, 0.5) is 4.79 Å². The van der Waals surface area contributed by atoms with E-state index in [1.165, 1.54) is 0 Å². The molecule has 0 aliphatic carbocycles. The number of hydrogen-bond acceptors (Lipinski definition) is 4. The Morgan fingerprint density at radius 1 is 0.935 bits per heavy atom. The van der Waals surface area contributed by atoms with Gasteiger partial charge in [0.2, 0.25) is 0 Å². The molecule has 0 aliphatic heterocycles. The molecule has 7 heteroatoms. The minimum Gasteiger partial charge on any atom is -0.452 e. The normalized spacial score (nSPS) is 11.5. The summed E-state index contributed by atoms with van der Waals surface area (Å²) in [4.78, 5) is 36.1. The molecule has 0 saturated heterocycles. The van der Waals surface area contributed by atoms with Crippen LogP contribution in [-0.2, 0) is 16.1 Å². The number of benzene rings is 2. The number of urea groups is 1. The Morgan fingerprint density at radius 3 is 2.16 bits per heavy atom. The molecule has 0 fully saturated rings. The smallest absolute Gasteiger partial charge is 0.338 e. The van der Waals surface area contributed by atoms with Gasteiger partial charge in [0.05, 0.1) is 11.6 Å². The lowest BCUT2D eigenvalue weighted by Gasteiger charge is -2.17. The molecule has 0 heterocycles. The molecule has 166 valence electrons. The average molecular weight is 426 g/mol. The van der Waals surface area contributed by atoms with Crippen LogP contribution >= 0.6 is 0 Å². The highest BCUT2D eigenvalue weighted by molar-refractivity contribution is 5.91. The molecule has 2 aromatic carbocycles. The molecule has 3 N–H and O–H groups in total. The number of aryl methyl sites for hydroxylation is 1. The molecular formula is C24H31N3O4. The molecule has 0 saturated carbocycles. The van der Waals surface area contributed by atoms with Gasteiger partial charge < -0.3 is 20.7 Å². The fourth-order valence-electron chi connectivity index (χ4n) is 2.92. The van der Waals surface area contributed by atoms with E-state index >= 15 is 0 Å². The summed E-state index contributed by atoms with van der Waals surface area (Å²) in [6, 6.07) is 14.3. The molecule has 0 spiro atoms. The predicted octanol–water partition coefficient (Wildman–Crippen LogP) is 3.63. The summed E-state index contributed by atoms with van der Waals surface area (Å²) in [7, 11) is 0. The second-order valence-corrected chi connectivity index (χ2v) is 7.69. The van der Waals surface area contributed by atoms with E-state index in [0.29, 0.717) is 12.1 Å². The first-order valence-corrected chi connectivity index (χ1v) is 10.4. The second kappa shape index (κ2) is 11.7. The molecule has 31 heavy (non-hydrogen) atoms. The highest BCUT2D eigenvalue weighted by Gasteiger charge is 2.15. The zero-order valence-electron chi connectivity index (χ0n) is 18.5. The molecule has 0 unspecified atom stereocenters. The second-order valence-electron chi connectivity index (χ2n) is 7.69. The first-order chi connectivity index (χ1) is 14.8. The van der Waals surface area contributed by atoms with Gasteiger partial charge >= 0.3 is 12.0 Å². The van der Waals surface area contributed by atoms with E-state index in [1.807, 2.05) is 52.0 Å². The Kier molecular flexibility index (Phi) is 9.06. The lowest BCUT2D eigenvalue weighted by atomic mass is 10.0. The minimum absolute atomic E-state index is 0.0545. The summed E-state index contributed by atoms with van der Waals surface area (Å²) in [6.07, 6.45) is 0.730. The van der Waals surface area contributed by atoms with Crippen molar-refractivity contribution in [2.75, 3.05) is 6.61 Å². The summed E-state index contributed by atoms with van der Waals surface area (Å²) in [5, 5.41) is 8.38. The van der Waals surface area contributed by atoms with Crippen molar-refractivity contribution in [2.45, 2.75) is 52.7 Å². The van der Waals surface area contributed by atoms with E-state index in [2.05, 4.69) is 16.0 Å². The third kappa shape index (κ3) is 8.12. The van der Waals surface area contributed by atoms with Crippen molar-refractivity contribution in [1.82, 2.24) is 16.0 Å². The Bertz CT molecular complexity index is 877. The van der Waals surface area contributed by atoms with Crippen LogP contribution in [0.25, 0.3) is 0 Å². The molecular weight excluding hydrogens is 394 g/mol. The van der Waals surface area contributed by atoms with Gasteiger partial charge in [0.15, 0.2) is 6.61 Å². The van der Waals surface area contributed by atoms with Crippen LogP contribution < -0.4 is 16.0 Å². The van der Waals surface area contributed by atoms with Gasteiger partial charge in [-0.1, -0.05) is 48.9 Å². The highest BCUT2D eigenvalue weighted by Crippen LogP contribution is 2.17. The molecule has 0 radical (unpaired) electrons. The number of esters is 1. The van der Waals surface area contributed by atoms with Crippen LogP contribution in [0, 0.1) is 6.92 Å². The van der Waals surface area contributed by atoms with Crippen LogP contribution in [0.2, 0.25) is 0 Å². The summed E-state index contributed by atoms with van der Waals surface area (Å²) >= 11 is 0. The highest BCUT2D eigenvalue weighted by atomic mass is 16.5. The van der Waals surface area contributed by atoms with Gasteiger partial charge in [-0.25, -0.2) is 9.59 Å². The number of carbonyl (C=O) groups excluding carboxylic acids is 3. The fraction of sp³-hybridized carbons (Fsp3) is 0.375. The maximum atomic E-state index is 12.2. The van der Waals surface area contributed by atoms with Gasteiger partial charge in [-0.3, -0.25) is 4.79 Å². The van der Waals surface area contributed by atoms with E-state index < -0.39 is 5.97 Å². The summed E-state index contributed by atoms with van der Waals surface area (Å²) < 4.78 is 5.14. The lowest BCUT2D eigenvalue weighted by Crippen LogP contribution is -2.39. The van der Waals surface area contributed by atoms with Gasteiger partial charge in [0.1, 0.15) is 0 Å². The third-order valence-corrected chi connectivity index (χ3v) is 4.62. The Labute approximate surface area is 183 Å². The maximum absolute atomic E-state index is 12.2. The monoisotopic (exact) mass is 425 g/mol. The molecule has 7 nitrogen and oxygen atoms in total. The van der Waals surface area contributed by atoms with Crippen molar-refractivity contribution in [1.29, 1.82) is 0 Å². The molecule has 3 amide bonds. The number of rotatable bonds is 9. The number of carbonyl (C=O) groups is 3. The van der Waals surface area contributed by atoms with Gasteiger partial charge in [0.25, 0.3) is 5.91 Å². The molecule has 2 rings (SSSR count). The summed E-state index contributed by atoms with van der Waals surface area (Å²) in [5.41, 5.74) is 3.35. The van der Waals surface area contributed by atoms with Crippen molar-refractivity contribution in [3.05, 3.63) is 70.8 Å². The van der Waals surface area contributed by atoms with Crippen molar-refractivity contribution in [3.8, 4) is 0 Å². The van der Waals surface area contributed by atoms with Crippen molar-refractivity contribution in [2.24, 2.45) is 0 Å². The van der Waals surface area contributed by atoms with E-state index in [4.69, 9.17) is 4.74 Å². The lowest BCUT2D eigenvalue weighted by molar-refractivity contribution is -0.125. The van der Waals surface area contributed by atoms with Crippen molar-refractivity contribution < 1.29 is 19.1 Å². The fourth-order valence-corrected chi connectivity index (χ4v) is 2.92. The van der Waals surface area contributed by atoms with Gasteiger partial charge in [-0.15, -0.1) is 0 Å². The minimum atomic E-state index is -0.574. The Hall–Kier alpha value is -3.35. The number of nitrogens with one attached hydrogen (secondary N) is 3. The van der Waals surface area contributed by atoms with Crippen LogP contribution in [0.3, 0.4) is 0 Å². The third-order valence-electron chi connectivity index (χ3n) is 4.62. The quantitative estimate of drug-likeness (QED) is 0.535. The number of amides is 3. The first-order valence-electron chi connectivity index (χ1n) is 10.4. The zero-order valence-corrected chi connectivity index (χ0v) is 18.5. The van der Waals surface area contributed by atoms with E-state index in [-0.39, 0.29) is 30.6 Å². The van der Waals surface area contributed by atoms with Gasteiger partial charge in [0, 0.05) is 12.6 Å². The van der Waals surface area contributed by atoms with Crippen LogP contribution in [-0.4, -0.2) is 30.6 Å². The van der Waals surface area contributed by atoms with Gasteiger partial charge in [-0.05, 0) is 50.5 Å². The van der Waals surface area contributed by atoms with Gasteiger partial charge in [-0.2, -0.15) is 0 Å². The molecule has 2 aromatic rings. The van der Waals surface area contributed by atoms with Crippen LogP contribution in [0.1, 0.15) is 60.3 Å². The number of ether oxygens (including phenoxy) is 1. The zero-order chi connectivity index (χ0) is 22.8. The van der Waals surface area contributed by atoms with Crippen LogP contribution in [0.15, 0.2) is 48.5 Å². The van der Waals surface area contributed by atoms with E-state index in [9.17, 15) is 14.4 Å². The van der Waals surface area contributed by atoms with Crippen LogP contribution in [0.5, 0.6) is 0 Å². The molecule has 0 aromatic heterocycles. The predicted molar refractivity (Wildman–Crippen MR) is 120 cm³/mol. The van der Waals surface area contributed by atoms with Crippen molar-refractivity contribution in [3.63, 3.8) is 0 Å². The Morgan fingerprint density at radius 2 is 1.58 bits per heavy atom. The average Bonchev–Trinajstić information content (AvgIpc) is 2.75. The summed E-state index contributed by atoms with van der Waals surface area (Å²) in [5.74, 6) is -0.923. The molecule has 0 aliphatic rings. The standard InChI is InChI=1S/C24H31N3O4/c1-5-21(19-10-6-17(4)7-11-19)27-22(28)15-31-23(29)20-12-8-18(9-13-20)14-25-24(30)26-16(2)3/h6-13,16,21H,5,14-15H2,1-4H3,(H,27,28)(H2,25,26,30)/t21-/m0/s1. The van der Waals surface area contributed by atoms with Crippen molar-refractivity contribution >= 4 is 17.9 Å². The summed E-state index contributed by atoms with van der Waals surface area (Å²) in [6.45, 7) is 7.75. The molecule has 0 bridgehead atoms. The largest absolute Gasteiger partial charge is 0.452 e. The first kappa shape index (κ1) is 23.9. The maximum Gasteiger partial charge on any atom is 0.338 e. The Balaban J connectivity index is 1.81. The molecule has 1 atom stereocenters. The van der Waals surface area contributed by atoms with E-state index in [0.717, 1.165) is 23.1 Å². The topological polar surface area (TPSA) is 96.5 Å².